The zero-order valence-corrected chi connectivity index (χ0v) is 14.9. The van der Waals surface area contributed by atoms with Gasteiger partial charge in [0.15, 0.2) is 10.6 Å². The Bertz CT molecular complexity index is 884. The van der Waals surface area contributed by atoms with Crippen molar-refractivity contribution in [3.8, 4) is 11.4 Å². The molecule has 0 bridgehead atoms. The second-order valence-electron chi connectivity index (χ2n) is 5.42. The van der Waals surface area contributed by atoms with Crippen molar-refractivity contribution in [3.05, 3.63) is 52.5 Å². The van der Waals surface area contributed by atoms with Crippen LogP contribution in [0.5, 0.6) is 0 Å². The van der Waals surface area contributed by atoms with Crippen LogP contribution in [0.3, 0.4) is 0 Å². The Balaban J connectivity index is 1.58. The number of aromatic nitrogens is 5. The van der Waals surface area contributed by atoms with Gasteiger partial charge in [0.2, 0.25) is 5.91 Å². The number of hydrogen-bond acceptors (Lipinski definition) is 4. The van der Waals surface area contributed by atoms with E-state index in [0.29, 0.717) is 22.2 Å². The van der Waals surface area contributed by atoms with Gasteiger partial charge in [-0.05, 0) is 49.0 Å². The smallest absolute Gasteiger partial charge is 0.240 e. The molecule has 0 saturated heterocycles. The van der Waals surface area contributed by atoms with E-state index in [4.69, 9.17) is 23.8 Å². The molecule has 2 heterocycles. The molecular formula is C16H17ClN6OS. The minimum atomic E-state index is -0.117. The fourth-order valence-corrected chi connectivity index (χ4v) is 2.71. The molecular weight excluding hydrogens is 360 g/mol. The predicted molar refractivity (Wildman–Crippen MR) is 97.7 cm³/mol. The molecule has 7 nitrogen and oxygen atoms in total. The second kappa shape index (κ2) is 8.09. The lowest BCUT2D eigenvalue weighted by Crippen LogP contribution is -2.29. The summed E-state index contributed by atoms with van der Waals surface area (Å²) in [6.45, 7) is 1.43. The molecule has 0 aliphatic rings. The van der Waals surface area contributed by atoms with Gasteiger partial charge >= 0.3 is 0 Å². The van der Waals surface area contributed by atoms with Gasteiger partial charge in [-0.15, -0.1) is 0 Å². The third kappa shape index (κ3) is 4.55. The SMILES string of the molecule is O=C(Cn1c(-c2ccc(Cl)cc2)n[nH]c1=S)NCCCn1cccn1. The number of aryl methyl sites for hydroxylation is 1. The summed E-state index contributed by atoms with van der Waals surface area (Å²) in [5.74, 6) is 0.488. The molecule has 1 aromatic carbocycles. The van der Waals surface area contributed by atoms with E-state index in [2.05, 4.69) is 20.6 Å². The van der Waals surface area contributed by atoms with Crippen LogP contribution in [0, 0.1) is 4.77 Å². The molecule has 0 unspecified atom stereocenters. The lowest BCUT2D eigenvalue weighted by atomic mass is 10.2. The maximum atomic E-state index is 12.2. The van der Waals surface area contributed by atoms with Crippen molar-refractivity contribution in [2.75, 3.05) is 6.54 Å². The maximum Gasteiger partial charge on any atom is 0.240 e. The number of nitrogens with zero attached hydrogens (tertiary/aromatic N) is 4. The van der Waals surface area contributed by atoms with Gasteiger partial charge in [-0.25, -0.2) is 0 Å². The highest BCUT2D eigenvalue weighted by molar-refractivity contribution is 7.71. The summed E-state index contributed by atoms with van der Waals surface area (Å²) in [4.78, 5) is 12.2. The van der Waals surface area contributed by atoms with Crippen LogP contribution in [0.25, 0.3) is 11.4 Å². The van der Waals surface area contributed by atoms with Gasteiger partial charge in [0.1, 0.15) is 6.54 Å². The van der Waals surface area contributed by atoms with Gasteiger partial charge in [0.05, 0.1) is 0 Å². The molecule has 9 heteroatoms. The Morgan fingerprint density at radius 2 is 2.12 bits per heavy atom. The largest absolute Gasteiger partial charge is 0.354 e. The number of amides is 1. The molecule has 0 atom stereocenters. The zero-order valence-electron chi connectivity index (χ0n) is 13.4. The highest BCUT2D eigenvalue weighted by atomic mass is 35.5. The van der Waals surface area contributed by atoms with Crippen LogP contribution < -0.4 is 5.32 Å². The molecule has 3 aromatic rings. The van der Waals surface area contributed by atoms with E-state index in [1.165, 1.54) is 0 Å². The number of carbonyl (C=O) groups is 1. The molecule has 1 amide bonds. The van der Waals surface area contributed by atoms with E-state index >= 15 is 0 Å². The van der Waals surface area contributed by atoms with E-state index in [0.717, 1.165) is 18.5 Å². The molecule has 0 saturated carbocycles. The summed E-state index contributed by atoms with van der Waals surface area (Å²) in [5, 5.41) is 14.6. The van der Waals surface area contributed by atoms with Gasteiger partial charge in [0.25, 0.3) is 0 Å². The monoisotopic (exact) mass is 376 g/mol. The average Bonchev–Trinajstić information content (AvgIpc) is 3.24. The first kappa shape index (κ1) is 17.4. The van der Waals surface area contributed by atoms with Gasteiger partial charge in [-0.3, -0.25) is 19.1 Å². The van der Waals surface area contributed by atoms with Crippen LogP contribution in [0.2, 0.25) is 5.02 Å². The molecule has 0 spiro atoms. The molecule has 0 aliphatic carbocycles. The van der Waals surface area contributed by atoms with Gasteiger partial charge < -0.3 is 5.32 Å². The second-order valence-corrected chi connectivity index (χ2v) is 6.24. The standard InChI is InChI=1S/C16H17ClN6OS/c17-13-5-3-12(4-6-13)15-20-21-16(25)23(15)11-14(24)18-7-1-9-22-10-2-8-19-22/h2-6,8,10H,1,7,9,11H2,(H,18,24)(H,21,25). The van der Waals surface area contributed by atoms with Crippen LogP contribution in [-0.4, -0.2) is 37.0 Å². The molecule has 0 aliphatic heterocycles. The highest BCUT2D eigenvalue weighted by Crippen LogP contribution is 2.19. The molecule has 25 heavy (non-hydrogen) atoms. The van der Waals surface area contributed by atoms with Crippen molar-refractivity contribution in [3.63, 3.8) is 0 Å². The van der Waals surface area contributed by atoms with Crippen LogP contribution >= 0.6 is 23.8 Å². The Morgan fingerprint density at radius 1 is 1.32 bits per heavy atom. The van der Waals surface area contributed by atoms with Crippen molar-refractivity contribution in [1.82, 2.24) is 29.9 Å². The van der Waals surface area contributed by atoms with E-state index in [9.17, 15) is 4.79 Å². The first-order valence-electron chi connectivity index (χ1n) is 7.79. The summed E-state index contributed by atoms with van der Waals surface area (Å²) < 4.78 is 3.90. The summed E-state index contributed by atoms with van der Waals surface area (Å²) in [5.41, 5.74) is 0.836. The predicted octanol–water partition coefficient (Wildman–Crippen LogP) is 2.66. The number of H-pyrrole nitrogens is 1. The fourth-order valence-electron chi connectivity index (χ4n) is 2.38. The van der Waals surface area contributed by atoms with E-state index in [-0.39, 0.29) is 12.5 Å². The normalized spacial score (nSPS) is 10.8. The molecule has 3 rings (SSSR count). The Kier molecular flexibility index (Phi) is 5.62. The van der Waals surface area contributed by atoms with Crippen LogP contribution in [0.4, 0.5) is 0 Å². The zero-order chi connectivity index (χ0) is 17.6. The summed E-state index contributed by atoms with van der Waals surface area (Å²) in [6, 6.07) is 9.09. The number of benzene rings is 1. The molecule has 130 valence electrons. The van der Waals surface area contributed by atoms with Gasteiger partial charge in [-0.1, -0.05) is 11.6 Å². The first-order valence-corrected chi connectivity index (χ1v) is 8.57. The third-order valence-corrected chi connectivity index (χ3v) is 4.17. The van der Waals surface area contributed by atoms with Crippen LogP contribution in [0.1, 0.15) is 6.42 Å². The highest BCUT2D eigenvalue weighted by Gasteiger charge is 2.12. The number of rotatable bonds is 7. The molecule has 2 N–H and O–H groups in total. The fraction of sp³-hybridized carbons (Fsp3) is 0.250. The van der Waals surface area contributed by atoms with Crippen molar-refractivity contribution in [2.24, 2.45) is 0 Å². The molecule has 0 fully saturated rings. The lowest BCUT2D eigenvalue weighted by molar-refractivity contribution is -0.121. The van der Waals surface area contributed by atoms with E-state index in [1.54, 1.807) is 22.9 Å². The van der Waals surface area contributed by atoms with Gasteiger partial charge in [-0.2, -0.15) is 10.2 Å². The van der Waals surface area contributed by atoms with Crippen LogP contribution in [-0.2, 0) is 17.9 Å². The number of hydrogen-bond donors (Lipinski definition) is 2. The number of aromatic amines is 1. The minimum absolute atomic E-state index is 0.106. The Morgan fingerprint density at radius 3 is 2.84 bits per heavy atom. The van der Waals surface area contributed by atoms with E-state index in [1.807, 2.05) is 29.1 Å². The van der Waals surface area contributed by atoms with Crippen molar-refractivity contribution in [2.45, 2.75) is 19.5 Å². The van der Waals surface area contributed by atoms with Gasteiger partial charge in [0, 0.05) is 36.1 Å². The summed E-state index contributed by atoms with van der Waals surface area (Å²) in [7, 11) is 0. The number of halogens is 1. The Hall–Kier alpha value is -2.45. The number of nitrogens with one attached hydrogen (secondary N) is 2. The third-order valence-electron chi connectivity index (χ3n) is 3.61. The summed E-state index contributed by atoms with van der Waals surface area (Å²) >= 11 is 11.1. The Labute approximate surface area is 154 Å². The average molecular weight is 377 g/mol. The topological polar surface area (TPSA) is 80.5 Å². The number of carbonyl (C=O) groups excluding carboxylic acids is 1. The van der Waals surface area contributed by atoms with Crippen molar-refractivity contribution >= 4 is 29.7 Å². The minimum Gasteiger partial charge on any atom is -0.354 e. The molecule has 0 radical (unpaired) electrons. The molecule has 2 aromatic heterocycles. The lowest BCUT2D eigenvalue weighted by Gasteiger charge is -2.08. The quantitative estimate of drug-likeness (QED) is 0.490. The first-order chi connectivity index (χ1) is 12.1. The summed E-state index contributed by atoms with van der Waals surface area (Å²) in [6.07, 6.45) is 4.43. The van der Waals surface area contributed by atoms with E-state index < -0.39 is 0 Å². The van der Waals surface area contributed by atoms with Crippen molar-refractivity contribution < 1.29 is 4.79 Å². The van der Waals surface area contributed by atoms with Crippen LogP contribution in [0.15, 0.2) is 42.7 Å². The van der Waals surface area contributed by atoms with Crippen molar-refractivity contribution in [1.29, 1.82) is 0 Å². The maximum absolute atomic E-state index is 12.2.